The molecule has 2 aromatic rings. The Hall–Kier alpha value is -1.48. The number of rotatable bonds is 4. The van der Waals surface area contributed by atoms with Gasteiger partial charge in [0, 0.05) is 12.5 Å². The highest BCUT2D eigenvalue weighted by Gasteiger charge is 2.37. The Morgan fingerprint density at radius 1 is 0.900 bits per heavy atom. The molecule has 30 heavy (non-hydrogen) atoms. The fraction of sp³-hybridized carbons (Fsp3) is 0.400. The average Bonchev–Trinajstić information content (AvgIpc) is 2.67. The summed E-state index contributed by atoms with van der Waals surface area (Å²) in [6.45, 7) is 0.757. The molecule has 1 aliphatic rings. The lowest BCUT2D eigenvalue weighted by molar-refractivity contribution is -0.143. The molecule has 0 aromatic heterocycles. The van der Waals surface area contributed by atoms with Crippen molar-refractivity contribution >= 4 is 23.2 Å². The van der Waals surface area contributed by atoms with Gasteiger partial charge in [0.2, 0.25) is 0 Å². The molecule has 0 spiro atoms. The van der Waals surface area contributed by atoms with Gasteiger partial charge in [-0.2, -0.15) is 26.3 Å². The Bertz CT molecular complexity index is 868. The van der Waals surface area contributed by atoms with E-state index in [0.29, 0.717) is 41.7 Å². The third-order valence-electron chi connectivity index (χ3n) is 4.90. The van der Waals surface area contributed by atoms with Crippen LogP contribution in [0, 0.1) is 0 Å². The molecule has 3 rings (SSSR count). The minimum absolute atomic E-state index is 0.104. The van der Waals surface area contributed by atoms with Crippen LogP contribution in [-0.2, 0) is 23.7 Å². The van der Waals surface area contributed by atoms with Crippen molar-refractivity contribution in [2.24, 2.45) is 0 Å². The second-order valence-electron chi connectivity index (χ2n) is 7.04. The summed E-state index contributed by atoms with van der Waals surface area (Å²) in [6.07, 6.45) is -9.66. The summed E-state index contributed by atoms with van der Waals surface area (Å²) >= 11 is 12.0. The lowest BCUT2D eigenvalue weighted by Gasteiger charge is -2.33. The van der Waals surface area contributed by atoms with Gasteiger partial charge in [0.05, 0.1) is 33.9 Å². The smallest absolute Gasteiger partial charge is 0.373 e. The van der Waals surface area contributed by atoms with Gasteiger partial charge in [-0.05, 0) is 54.4 Å². The molecule has 164 valence electrons. The Morgan fingerprint density at radius 2 is 1.53 bits per heavy atom. The Labute approximate surface area is 179 Å². The van der Waals surface area contributed by atoms with Crippen LogP contribution in [0.3, 0.4) is 0 Å². The van der Waals surface area contributed by atoms with E-state index >= 15 is 0 Å². The summed E-state index contributed by atoms with van der Waals surface area (Å²) in [5, 5.41) is 3.93. The molecular weight excluding hydrogens is 455 g/mol. The number of ether oxygens (including phenoxy) is 1. The molecule has 2 nitrogen and oxygen atoms in total. The number of alkyl halides is 6. The van der Waals surface area contributed by atoms with E-state index in [2.05, 4.69) is 5.32 Å². The van der Waals surface area contributed by atoms with Crippen molar-refractivity contribution in [1.29, 1.82) is 0 Å². The third kappa shape index (κ3) is 5.60. The van der Waals surface area contributed by atoms with E-state index in [1.165, 1.54) is 0 Å². The number of hydrogen-bond donors (Lipinski definition) is 1. The first kappa shape index (κ1) is 23.2. The minimum Gasteiger partial charge on any atom is -0.373 e. The summed E-state index contributed by atoms with van der Waals surface area (Å²) in [7, 11) is 0. The molecule has 2 atom stereocenters. The molecule has 1 fully saturated rings. The summed E-state index contributed by atoms with van der Waals surface area (Å²) in [4.78, 5) is 0. The topological polar surface area (TPSA) is 21.3 Å². The maximum atomic E-state index is 13.0. The Morgan fingerprint density at radius 3 is 2.10 bits per heavy atom. The Balaban J connectivity index is 1.82. The van der Waals surface area contributed by atoms with Gasteiger partial charge in [-0.1, -0.05) is 29.3 Å². The van der Waals surface area contributed by atoms with Gasteiger partial charge in [0.15, 0.2) is 0 Å². The van der Waals surface area contributed by atoms with Gasteiger partial charge in [0.1, 0.15) is 0 Å². The first-order valence-corrected chi connectivity index (χ1v) is 9.76. The highest BCUT2D eigenvalue weighted by molar-refractivity contribution is 6.42. The number of halogens is 8. The summed E-state index contributed by atoms with van der Waals surface area (Å²) < 4.78 is 84.1. The van der Waals surface area contributed by atoms with Crippen LogP contribution >= 0.6 is 23.2 Å². The quantitative estimate of drug-likeness (QED) is 0.501. The van der Waals surface area contributed by atoms with Crippen LogP contribution in [0.15, 0.2) is 36.4 Å². The number of hydrogen-bond acceptors (Lipinski definition) is 2. The molecule has 10 heteroatoms. The van der Waals surface area contributed by atoms with Gasteiger partial charge in [-0.15, -0.1) is 0 Å². The normalized spacial score (nSPS) is 20.4. The van der Waals surface area contributed by atoms with Crippen LogP contribution in [0.5, 0.6) is 0 Å². The Kier molecular flexibility index (Phi) is 6.91. The monoisotopic (exact) mass is 471 g/mol. The summed E-state index contributed by atoms with van der Waals surface area (Å²) in [5.41, 5.74) is -2.09. The van der Waals surface area contributed by atoms with E-state index in [9.17, 15) is 26.3 Å². The van der Waals surface area contributed by atoms with E-state index in [0.717, 1.165) is 5.56 Å². The SMILES string of the molecule is FC(F)(F)c1cc(CO[C@@H]2CCNC[C@@H]2c2ccc(Cl)c(Cl)c2)cc(C(F)(F)F)c1. The van der Waals surface area contributed by atoms with Gasteiger partial charge in [-0.25, -0.2) is 0 Å². The standard InChI is InChI=1S/C20H17Cl2F6NO/c21-16-2-1-12(7-17(16)22)15-9-29-4-3-18(15)30-10-11-5-13(19(23,24)25)8-14(6-11)20(26,27)28/h1-2,5-8,15,18,29H,3-4,9-10H2/t15-,18-/m1/s1. The molecule has 0 unspecified atom stereocenters. The highest BCUT2D eigenvalue weighted by Crippen LogP contribution is 2.37. The first-order valence-electron chi connectivity index (χ1n) is 9.01. The number of piperidine rings is 1. The van der Waals surface area contributed by atoms with Gasteiger partial charge < -0.3 is 10.1 Å². The molecule has 0 saturated carbocycles. The lowest BCUT2D eigenvalue weighted by Crippen LogP contribution is -2.39. The fourth-order valence-corrected chi connectivity index (χ4v) is 3.72. The van der Waals surface area contributed by atoms with Crippen molar-refractivity contribution in [3.63, 3.8) is 0 Å². The van der Waals surface area contributed by atoms with Gasteiger partial charge in [-0.3, -0.25) is 0 Å². The van der Waals surface area contributed by atoms with Gasteiger partial charge >= 0.3 is 12.4 Å². The fourth-order valence-electron chi connectivity index (χ4n) is 3.42. The zero-order valence-corrected chi connectivity index (χ0v) is 16.9. The molecular formula is C20H17Cl2F6NO. The van der Waals surface area contributed by atoms with Crippen LogP contribution in [0.25, 0.3) is 0 Å². The molecule has 2 aromatic carbocycles. The zero-order valence-electron chi connectivity index (χ0n) is 15.4. The highest BCUT2D eigenvalue weighted by atomic mass is 35.5. The largest absolute Gasteiger partial charge is 0.416 e. The predicted octanol–water partition coefficient (Wildman–Crippen LogP) is 6.69. The maximum Gasteiger partial charge on any atom is 0.416 e. The van der Waals surface area contributed by atoms with E-state index in [1.54, 1.807) is 18.2 Å². The molecule has 0 amide bonds. The zero-order chi connectivity index (χ0) is 22.1. The minimum atomic E-state index is -4.90. The van der Waals surface area contributed by atoms with Crippen molar-refractivity contribution in [1.82, 2.24) is 5.32 Å². The predicted molar refractivity (Wildman–Crippen MR) is 102 cm³/mol. The van der Waals surface area contributed by atoms with E-state index in [1.807, 2.05) is 0 Å². The first-order chi connectivity index (χ1) is 13.9. The number of nitrogens with one attached hydrogen (secondary N) is 1. The van der Waals surface area contributed by atoms with Crippen LogP contribution in [0.2, 0.25) is 10.0 Å². The lowest BCUT2D eigenvalue weighted by atomic mass is 9.89. The average molecular weight is 472 g/mol. The van der Waals surface area contributed by atoms with Crippen molar-refractivity contribution in [2.75, 3.05) is 13.1 Å². The van der Waals surface area contributed by atoms with Crippen molar-refractivity contribution in [2.45, 2.75) is 37.4 Å². The van der Waals surface area contributed by atoms with Crippen LogP contribution in [0.4, 0.5) is 26.3 Å². The van der Waals surface area contributed by atoms with E-state index in [-0.39, 0.29) is 24.2 Å². The van der Waals surface area contributed by atoms with Crippen molar-refractivity contribution in [3.8, 4) is 0 Å². The molecule has 1 heterocycles. The van der Waals surface area contributed by atoms with Crippen LogP contribution in [0.1, 0.15) is 34.6 Å². The maximum absolute atomic E-state index is 13.0. The summed E-state index contributed by atoms with van der Waals surface area (Å²) in [5.74, 6) is -0.179. The third-order valence-corrected chi connectivity index (χ3v) is 5.64. The second kappa shape index (κ2) is 8.94. The second-order valence-corrected chi connectivity index (χ2v) is 7.85. The van der Waals surface area contributed by atoms with Crippen molar-refractivity contribution in [3.05, 3.63) is 68.7 Å². The van der Waals surface area contributed by atoms with Gasteiger partial charge in [0.25, 0.3) is 0 Å². The molecule has 1 aliphatic heterocycles. The molecule has 1 N–H and O–H groups in total. The van der Waals surface area contributed by atoms with Crippen molar-refractivity contribution < 1.29 is 31.1 Å². The molecule has 0 bridgehead atoms. The molecule has 0 aliphatic carbocycles. The molecule has 0 radical (unpaired) electrons. The van der Waals surface area contributed by atoms with E-state index < -0.39 is 29.6 Å². The molecule has 1 saturated heterocycles. The van der Waals surface area contributed by atoms with Crippen LogP contribution < -0.4 is 5.32 Å². The summed E-state index contributed by atoms with van der Waals surface area (Å²) in [6, 6.07) is 6.56. The van der Waals surface area contributed by atoms with E-state index in [4.69, 9.17) is 27.9 Å². The number of benzene rings is 2. The van der Waals surface area contributed by atoms with Crippen LogP contribution in [-0.4, -0.2) is 19.2 Å².